The molecule has 1 aliphatic rings. The molecule has 1 N–H and O–H groups in total. The maximum Gasteiger partial charge on any atom is 0.406 e. The number of ether oxygens (including phenoxy) is 1. The zero-order chi connectivity index (χ0) is 20.1. The summed E-state index contributed by atoms with van der Waals surface area (Å²) in [7, 11) is -3.60. The van der Waals surface area contributed by atoms with Gasteiger partial charge in [0, 0.05) is 18.8 Å². The first-order valence-electron chi connectivity index (χ1n) is 8.50. The number of sulfonamides is 1. The zero-order valence-corrected chi connectivity index (χ0v) is 15.6. The van der Waals surface area contributed by atoms with Crippen LogP contribution in [0.3, 0.4) is 0 Å². The van der Waals surface area contributed by atoms with Gasteiger partial charge < -0.3 is 20.2 Å². The van der Waals surface area contributed by atoms with E-state index < -0.39 is 33.3 Å². The van der Waals surface area contributed by atoms with Crippen molar-refractivity contribution in [2.75, 3.05) is 25.0 Å². The van der Waals surface area contributed by atoms with E-state index in [4.69, 9.17) is 4.74 Å². The number of carbonyl (C=O) groups is 1. The van der Waals surface area contributed by atoms with Crippen molar-refractivity contribution in [3.05, 3.63) is 52.7 Å². The number of amides is 1. The molecular weight excluding hydrogens is 388 g/mol. The minimum absolute atomic E-state index is 0.0935. The van der Waals surface area contributed by atoms with Crippen LogP contribution in [-0.2, 0) is 14.8 Å². The first-order valence-corrected chi connectivity index (χ1v) is 9.94. The normalized spacial score (nSPS) is 14.6. The van der Waals surface area contributed by atoms with E-state index in [9.17, 15) is 23.3 Å². The third kappa shape index (κ3) is 4.43. The van der Waals surface area contributed by atoms with Crippen LogP contribution in [0.4, 0.5) is 11.5 Å². The van der Waals surface area contributed by atoms with E-state index in [0.717, 1.165) is 12.8 Å². The summed E-state index contributed by atoms with van der Waals surface area (Å²) in [5.74, 6) is -1.21. The van der Waals surface area contributed by atoms with Gasteiger partial charge in [-0.25, -0.2) is 8.42 Å². The van der Waals surface area contributed by atoms with Gasteiger partial charge in [0.25, 0.3) is 5.91 Å². The van der Waals surface area contributed by atoms with Crippen molar-refractivity contribution >= 4 is 27.4 Å². The fraction of sp³-hybridized carbons (Fsp3) is 0.294. The largest absolute Gasteiger partial charge is 0.476 e. The number of nitrogens with one attached hydrogen (secondary N) is 1. The van der Waals surface area contributed by atoms with Gasteiger partial charge in [-0.2, -0.15) is 4.31 Å². The second-order valence-electron chi connectivity index (χ2n) is 6.06. The molecule has 28 heavy (non-hydrogen) atoms. The lowest BCUT2D eigenvalue weighted by Crippen LogP contribution is -2.28. The number of hydrogen-bond donors (Lipinski definition) is 1. The molecule has 3 rings (SSSR count). The minimum Gasteiger partial charge on any atom is -0.476 e. The first kappa shape index (κ1) is 19.7. The zero-order valence-electron chi connectivity index (χ0n) is 14.8. The Morgan fingerprint density at radius 1 is 1.25 bits per heavy atom. The van der Waals surface area contributed by atoms with Crippen LogP contribution in [0.25, 0.3) is 0 Å². The van der Waals surface area contributed by atoms with Crippen molar-refractivity contribution in [3.8, 4) is 5.75 Å². The van der Waals surface area contributed by atoms with E-state index >= 15 is 0 Å². The SMILES string of the molecule is O=C(COc1cccnc1[N+](=O)[O-])Nc1cccc(S(=O)(=O)N2CCCC2)c1. The first-order chi connectivity index (χ1) is 13.4. The Morgan fingerprint density at radius 2 is 2.00 bits per heavy atom. The summed E-state index contributed by atoms with van der Waals surface area (Å²) in [6.07, 6.45) is 2.90. The third-order valence-electron chi connectivity index (χ3n) is 4.10. The summed E-state index contributed by atoms with van der Waals surface area (Å²) in [4.78, 5) is 26.0. The number of aromatic nitrogens is 1. The Labute approximate surface area is 161 Å². The maximum atomic E-state index is 12.6. The fourth-order valence-electron chi connectivity index (χ4n) is 2.78. The van der Waals surface area contributed by atoms with Gasteiger partial charge >= 0.3 is 5.82 Å². The summed E-state index contributed by atoms with van der Waals surface area (Å²) in [6.45, 7) is 0.475. The predicted octanol–water partition coefficient (Wildman–Crippen LogP) is 1.79. The Kier molecular flexibility index (Phi) is 5.85. The molecule has 1 fully saturated rings. The number of pyridine rings is 1. The Hall–Kier alpha value is -3.05. The second kappa shape index (κ2) is 8.31. The highest BCUT2D eigenvalue weighted by molar-refractivity contribution is 7.89. The van der Waals surface area contributed by atoms with Crippen LogP contribution in [-0.4, -0.2) is 48.2 Å². The van der Waals surface area contributed by atoms with Crippen LogP contribution in [0.5, 0.6) is 5.75 Å². The molecule has 0 aliphatic carbocycles. The van der Waals surface area contributed by atoms with E-state index in [1.54, 1.807) is 6.07 Å². The number of hydrogen-bond acceptors (Lipinski definition) is 7. The quantitative estimate of drug-likeness (QED) is 0.547. The lowest BCUT2D eigenvalue weighted by atomic mass is 10.3. The van der Waals surface area contributed by atoms with Gasteiger partial charge in [-0.05, 0) is 53.1 Å². The molecule has 0 atom stereocenters. The van der Waals surface area contributed by atoms with Gasteiger partial charge in [0.05, 0.1) is 4.90 Å². The van der Waals surface area contributed by atoms with Gasteiger partial charge in [0.2, 0.25) is 15.8 Å². The van der Waals surface area contributed by atoms with Crippen molar-refractivity contribution in [3.63, 3.8) is 0 Å². The van der Waals surface area contributed by atoms with Crippen molar-refractivity contribution < 1.29 is 22.9 Å². The molecule has 0 bridgehead atoms. The van der Waals surface area contributed by atoms with Crippen molar-refractivity contribution in [1.82, 2.24) is 9.29 Å². The van der Waals surface area contributed by atoms with Crippen LogP contribution in [0.1, 0.15) is 12.8 Å². The van der Waals surface area contributed by atoms with Crippen molar-refractivity contribution in [2.24, 2.45) is 0 Å². The summed E-state index contributed by atoms with van der Waals surface area (Å²) < 4.78 is 31.8. The Bertz CT molecular complexity index is 989. The fourth-order valence-corrected chi connectivity index (χ4v) is 4.35. The van der Waals surface area contributed by atoms with Crippen LogP contribution in [0.15, 0.2) is 47.5 Å². The number of nitro groups is 1. The highest BCUT2D eigenvalue weighted by atomic mass is 32.2. The van der Waals surface area contributed by atoms with Crippen molar-refractivity contribution in [2.45, 2.75) is 17.7 Å². The monoisotopic (exact) mass is 406 g/mol. The molecule has 11 heteroatoms. The average molecular weight is 406 g/mol. The van der Waals surface area contributed by atoms with Crippen LogP contribution >= 0.6 is 0 Å². The summed E-state index contributed by atoms with van der Waals surface area (Å²) in [6, 6.07) is 8.71. The number of benzene rings is 1. The van der Waals surface area contributed by atoms with Gasteiger partial charge in [-0.3, -0.25) is 4.79 Å². The number of nitrogens with zero attached hydrogens (tertiary/aromatic N) is 3. The number of anilines is 1. The highest BCUT2D eigenvalue weighted by Gasteiger charge is 2.27. The van der Waals surface area contributed by atoms with Crippen LogP contribution in [0, 0.1) is 10.1 Å². The summed E-state index contributed by atoms with van der Waals surface area (Å²) in [5, 5.41) is 13.4. The topological polar surface area (TPSA) is 132 Å². The molecule has 1 aromatic carbocycles. The predicted molar refractivity (Wildman–Crippen MR) is 99.5 cm³/mol. The molecule has 0 radical (unpaired) electrons. The number of carbonyl (C=O) groups excluding carboxylic acids is 1. The standard InChI is InChI=1S/C17H18N4O6S/c22-16(12-27-15-7-4-8-18-17(15)21(23)24)19-13-5-3-6-14(11-13)28(25,26)20-9-1-2-10-20/h3-8,11H,1-2,9-10,12H2,(H,19,22). The van der Waals surface area contributed by atoms with Crippen molar-refractivity contribution in [1.29, 1.82) is 0 Å². The van der Waals surface area contributed by atoms with Gasteiger partial charge in [-0.1, -0.05) is 6.07 Å². The van der Waals surface area contributed by atoms with Gasteiger partial charge in [-0.15, -0.1) is 0 Å². The highest BCUT2D eigenvalue weighted by Crippen LogP contribution is 2.24. The maximum absolute atomic E-state index is 12.6. The summed E-state index contributed by atoms with van der Waals surface area (Å²) >= 11 is 0. The molecule has 0 spiro atoms. The lowest BCUT2D eigenvalue weighted by Gasteiger charge is -2.16. The van der Waals surface area contributed by atoms with E-state index in [2.05, 4.69) is 10.3 Å². The summed E-state index contributed by atoms with van der Waals surface area (Å²) in [5.41, 5.74) is 0.287. The molecule has 2 heterocycles. The minimum atomic E-state index is -3.60. The van der Waals surface area contributed by atoms with E-state index in [1.165, 1.54) is 40.8 Å². The Morgan fingerprint density at radius 3 is 2.71 bits per heavy atom. The molecular formula is C17H18N4O6S. The average Bonchev–Trinajstić information content (AvgIpc) is 3.22. The molecule has 148 valence electrons. The molecule has 1 saturated heterocycles. The molecule has 2 aromatic rings. The smallest absolute Gasteiger partial charge is 0.406 e. The Balaban J connectivity index is 1.66. The molecule has 1 aliphatic heterocycles. The van der Waals surface area contributed by atoms with Gasteiger partial charge in [0.15, 0.2) is 6.61 Å². The van der Waals surface area contributed by atoms with E-state index in [-0.39, 0.29) is 16.3 Å². The molecule has 10 nitrogen and oxygen atoms in total. The number of rotatable bonds is 7. The second-order valence-corrected chi connectivity index (χ2v) is 8.00. The lowest BCUT2D eigenvalue weighted by molar-refractivity contribution is -0.390. The molecule has 1 amide bonds. The van der Waals surface area contributed by atoms with Crippen LogP contribution in [0.2, 0.25) is 0 Å². The van der Waals surface area contributed by atoms with Crippen LogP contribution < -0.4 is 10.1 Å². The van der Waals surface area contributed by atoms with E-state index in [1.807, 2.05) is 0 Å². The third-order valence-corrected chi connectivity index (χ3v) is 6.00. The van der Waals surface area contributed by atoms with Gasteiger partial charge in [0.1, 0.15) is 6.20 Å². The van der Waals surface area contributed by atoms with E-state index in [0.29, 0.717) is 13.1 Å². The molecule has 0 saturated carbocycles. The molecule has 0 unspecified atom stereocenters. The molecule has 1 aromatic heterocycles.